The standard InChI is InChI=1S/C15H24N2O/c1-12-14(9-11-18-12)17(2)15(8-10-16)13-6-4-3-5-7-13/h3-7,12,14-15H,8-11,16H2,1-2H3. The second-order valence-electron chi connectivity index (χ2n) is 5.10. The molecule has 0 aromatic heterocycles. The lowest BCUT2D eigenvalue weighted by molar-refractivity contribution is 0.0657. The Balaban J connectivity index is 2.14. The molecule has 1 aromatic carbocycles. The molecule has 0 aliphatic carbocycles. The first-order valence-electron chi connectivity index (χ1n) is 6.82. The number of rotatable bonds is 5. The molecule has 1 heterocycles. The summed E-state index contributed by atoms with van der Waals surface area (Å²) in [5.74, 6) is 0. The Kier molecular flexibility index (Phi) is 4.75. The van der Waals surface area contributed by atoms with E-state index in [1.54, 1.807) is 0 Å². The van der Waals surface area contributed by atoms with Gasteiger partial charge < -0.3 is 10.5 Å². The highest BCUT2D eigenvalue weighted by molar-refractivity contribution is 5.19. The van der Waals surface area contributed by atoms with Crippen LogP contribution in [0.1, 0.15) is 31.4 Å². The maximum absolute atomic E-state index is 5.78. The summed E-state index contributed by atoms with van der Waals surface area (Å²) in [5.41, 5.74) is 7.13. The van der Waals surface area contributed by atoms with Gasteiger partial charge in [0.25, 0.3) is 0 Å². The van der Waals surface area contributed by atoms with Crippen LogP contribution in [0.25, 0.3) is 0 Å². The van der Waals surface area contributed by atoms with Crippen LogP contribution in [0.15, 0.2) is 30.3 Å². The second kappa shape index (κ2) is 6.32. The van der Waals surface area contributed by atoms with E-state index >= 15 is 0 Å². The summed E-state index contributed by atoms with van der Waals surface area (Å²) in [5, 5.41) is 0. The minimum Gasteiger partial charge on any atom is -0.377 e. The Morgan fingerprint density at radius 3 is 2.67 bits per heavy atom. The predicted octanol–water partition coefficient (Wildman–Crippen LogP) is 2.19. The smallest absolute Gasteiger partial charge is 0.0703 e. The Morgan fingerprint density at radius 1 is 1.39 bits per heavy atom. The van der Waals surface area contributed by atoms with Crippen molar-refractivity contribution in [3.63, 3.8) is 0 Å². The molecule has 1 fully saturated rings. The lowest BCUT2D eigenvalue weighted by Gasteiger charge is -2.34. The van der Waals surface area contributed by atoms with Crippen LogP contribution in [-0.4, -0.2) is 37.2 Å². The highest BCUT2D eigenvalue weighted by Crippen LogP contribution is 2.29. The molecule has 0 saturated carbocycles. The Labute approximate surface area is 110 Å². The maximum atomic E-state index is 5.78. The summed E-state index contributed by atoms with van der Waals surface area (Å²) in [4.78, 5) is 2.44. The van der Waals surface area contributed by atoms with Gasteiger partial charge in [0.2, 0.25) is 0 Å². The van der Waals surface area contributed by atoms with Gasteiger partial charge in [0.15, 0.2) is 0 Å². The minimum atomic E-state index is 0.319. The van der Waals surface area contributed by atoms with Crippen LogP contribution in [0.3, 0.4) is 0 Å². The third kappa shape index (κ3) is 2.91. The van der Waals surface area contributed by atoms with Crippen molar-refractivity contribution in [2.24, 2.45) is 5.73 Å². The van der Waals surface area contributed by atoms with Crippen LogP contribution in [0.5, 0.6) is 0 Å². The van der Waals surface area contributed by atoms with Gasteiger partial charge in [-0.25, -0.2) is 0 Å². The molecule has 0 spiro atoms. The number of nitrogens with two attached hydrogens (primary N) is 1. The van der Waals surface area contributed by atoms with E-state index in [1.807, 2.05) is 0 Å². The topological polar surface area (TPSA) is 38.5 Å². The van der Waals surface area contributed by atoms with E-state index in [-0.39, 0.29) is 0 Å². The van der Waals surface area contributed by atoms with Crippen molar-refractivity contribution in [1.29, 1.82) is 0 Å². The van der Waals surface area contributed by atoms with Gasteiger partial charge in [-0.1, -0.05) is 30.3 Å². The van der Waals surface area contributed by atoms with Crippen LogP contribution >= 0.6 is 0 Å². The van der Waals surface area contributed by atoms with E-state index in [0.29, 0.717) is 24.7 Å². The van der Waals surface area contributed by atoms with Gasteiger partial charge in [-0.2, -0.15) is 0 Å². The monoisotopic (exact) mass is 248 g/mol. The highest BCUT2D eigenvalue weighted by Gasteiger charge is 2.31. The van der Waals surface area contributed by atoms with E-state index in [1.165, 1.54) is 5.56 Å². The fraction of sp³-hybridized carbons (Fsp3) is 0.600. The van der Waals surface area contributed by atoms with Crippen molar-refractivity contribution in [1.82, 2.24) is 4.90 Å². The Morgan fingerprint density at radius 2 is 2.11 bits per heavy atom. The van der Waals surface area contributed by atoms with Crippen LogP contribution in [0, 0.1) is 0 Å². The first kappa shape index (κ1) is 13.5. The quantitative estimate of drug-likeness (QED) is 0.868. The molecule has 2 N–H and O–H groups in total. The van der Waals surface area contributed by atoms with Crippen molar-refractivity contribution in [2.45, 2.75) is 38.0 Å². The summed E-state index contributed by atoms with van der Waals surface area (Å²) >= 11 is 0. The zero-order chi connectivity index (χ0) is 13.0. The molecule has 2 rings (SSSR count). The molecule has 1 saturated heterocycles. The zero-order valence-electron chi connectivity index (χ0n) is 11.4. The van der Waals surface area contributed by atoms with E-state index in [9.17, 15) is 0 Å². The molecular weight excluding hydrogens is 224 g/mol. The third-order valence-electron chi connectivity index (χ3n) is 3.98. The summed E-state index contributed by atoms with van der Waals surface area (Å²) in [6.07, 6.45) is 2.42. The van der Waals surface area contributed by atoms with E-state index in [0.717, 1.165) is 19.4 Å². The molecule has 1 aliphatic heterocycles. The summed E-state index contributed by atoms with van der Waals surface area (Å²) in [6.45, 7) is 3.75. The van der Waals surface area contributed by atoms with Crippen LogP contribution in [-0.2, 0) is 4.74 Å². The van der Waals surface area contributed by atoms with Gasteiger partial charge in [0, 0.05) is 18.7 Å². The number of hydrogen-bond acceptors (Lipinski definition) is 3. The van der Waals surface area contributed by atoms with Gasteiger partial charge in [-0.3, -0.25) is 4.90 Å². The van der Waals surface area contributed by atoms with E-state index in [2.05, 4.69) is 49.2 Å². The average molecular weight is 248 g/mol. The second-order valence-corrected chi connectivity index (χ2v) is 5.10. The summed E-state index contributed by atoms with van der Waals surface area (Å²) < 4.78 is 5.68. The highest BCUT2D eigenvalue weighted by atomic mass is 16.5. The molecule has 1 aromatic rings. The predicted molar refractivity (Wildman–Crippen MR) is 74.4 cm³/mol. The number of benzene rings is 1. The fourth-order valence-corrected chi connectivity index (χ4v) is 2.92. The molecule has 3 atom stereocenters. The van der Waals surface area contributed by atoms with Gasteiger partial charge in [0.05, 0.1) is 6.10 Å². The lowest BCUT2D eigenvalue weighted by atomic mass is 9.99. The first-order valence-corrected chi connectivity index (χ1v) is 6.82. The maximum Gasteiger partial charge on any atom is 0.0703 e. The van der Waals surface area contributed by atoms with Crippen molar-refractivity contribution in [2.75, 3.05) is 20.2 Å². The van der Waals surface area contributed by atoms with Gasteiger partial charge >= 0.3 is 0 Å². The van der Waals surface area contributed by atoms with Crippen LogP contribution in [0.4, 0.5) is 0 Å². The molecule has 3 heteroatoms. The normalized spacial score (nSPS) is 25.6. The summed E-state index contributed by atoms with van der Waals surface area (Å²) in [7, 11) is 2.20. The number of hydrogen-bond donors (Lipinski definition) is 1. The van der Waals surface area contributed by atoms with Gasteiger partial charge in [-0.15, -0.1) is 0 Å². The minimum absolute atomic E-state index is 0.319. The average Bonchev–Trinajstić information content (AvgIpc) is 2.82. The molecule has 0 radical (unpaired) electrons. The Hall–Kier alpha value is -0.900. The van der Waals surface area contributed by atoms with Crippen LogP contribution in [0.2, 0.25) is 0 Å². The molecular formula is C15H24N2O. The molecule has 100 valence electrons. The molecule has 0 bridgehead atoms. The first-order chi connectivity index (χ1) is 8.74. The van der Waals surface area contributed by atoms with E-state index < -0.39 is 0 Å². The van der Waals surface area contributed by atoms with Crippen molar-refractivity contribution >= 4 is 0 Å². The van der Waals surface area contributed by atoms with Crippen molar-refractivity contribution in [3.05, 3.63) is 35.9 Å². The Bertz CT molecular complexity index is 355. The number of likely N-dealkylation sites (N-methyl/N-ethyl adjacent to an activating group) is 1. The molecule has 18 heavy (non-hydrogen) atoms. The fourth-order valence-electron chi connectivity index (χ4n) is 2.92. The zero-order valence-corrected chi connectivity index (χ0v) is 11.4. The van der Waals surface area contributed by atoms with Gasteiger partial charge in [-0.05, 0) is 38.9 Å². The largest absolute Gasteiger partial charge is 0.377 e. The van der Waals surface area contributed by atoms with Crippen LogP contribution < -0.4 is 5.73 Å². The molecule has 3 nitrogen and oxygen atoms in total. The van der Waals surface area contributed by atoms with E-state index in [4.69, 9.17) is 10.5 Å². The van der Waals surface area contributed by atoms with Crippen molar-refractivity contribution in [3.8, 4) is 0 Å². The van der Waals surface area contributed by atoms with Gasteiger partial charge in [0.1, 0.15) is 0 Å². The molecule has 1 aliphatic rings. The lowest BCUT2D eigenvalue weighted by Crippen LogP contribution is -2.40. The molecule has 3 unspecified atom stereocenters. The SMILES string of the molecule is CC1OCCC1N(C)C(CCN)c1ccccc1. The summed E-state index contributed by atoms with van der Waals surface area (Å²) in [6, 6.07) is 11.5. The number of ether oxygens (including phenoxy) is 1. The van der Waals surface area contributed by atoms with Crippen molar-refractivity contribution < 1.29 is 4.74 Å². The third-order valence-corrected chi connectivity index (χ3v) is 3.98. The molecule has 0 amide bonds. The number of nitrogens with zero attached hydrogens (tertiary/aromatic N) is 1.